The zero-order valence-electron chi connectivity index (χ0n) is 10.8. The maximum absolute atomic E-state index is 6.23. The van der Waals surface area contributed by atoms with E-state index in [0.29, 0.717) is 6.54 Å². The molecule has 0 spiro atoms. The van der Waals surface area contributed by atoms with Crippen molar-refractivity contribution in [1.82, 2.24) is 4.98 Å². The highest BCUT2D eigenvalue weighted by molar-refractivity contribution is 9.10. The van der Waals surface area contributed by atoms with E-state index in [1.807, 2.05) is 49.5 Å². The first kappa shape index (κ1) is 14.2. The lowest BCUT2D eigenvalue weighted by Gasteiger charge is -2.20. The summed E-state index contributed by atoms with van der Waals surface area (Å²) in [6.45, 7) is 0.702. The van der Waals surface area contributed by atoms with E-state index in [1.54, 1.807) is 6.20 Å². The Bertz CT molecular complexity index is 572. The molecular formula is C14H15BrClN3. The van der Waals surface area contributed by atoms with Crippen LogP contribution in [0.4, 0.5) is 11.4 Å². The SMILES string of the molecule is CN(C)c1c(Cl)cccc1NCc1cncc(Br)c1. The molecule has 0 atom stereocenters. The van der Waals surface area contributed by atoms with E-state index in [0.717, 1.165) is 26.4 Å². The van der Waals surface area contributed by atoms with Crippen molar-refractivity contribution in [3.63, 3.8) is 0 Å². The molecule has 3 nitrogen and oxygen atoms in total. The van der Waals surface area contributed by atoms with Gasteiger partial charge in [-0.15, -0.1) is 0 Å². The van der Waals surface area contributed by atoms with Gasteiger partial charge in [0.1, 0.15) is 0 Å². The molecule has 2 aromatic rings. The number of benzene rings is 1. The molecule has 0 aliphatic carbocycles. The Morgan fingerprint density at radius 2 is 2.11 bits per heavy atom. The number of nitrogens with zero attached hydrogens (tertiary/aromatic N) is 2. The first-order chi connectivity index (χ1) is 9.08. The summed E-state index contributed by atoms with van der Waals surface area (Å²) in [6, 6.07) is 7.89. The number of pyridine rings is 1. The van der Waals surface area contributed by atoms with Gasteiger partial charge < -0.3 is 10.2 Å². The van der Waals surface area contributed by atoms with Crippen LogP contribution in [0.1, 0.15) is 5.56 Å². The Labute approximate surface area is 126 Å². The van der Waals surface area contributed by atoms with E-state index >= 15 is 0 Å². The molecule has 0 radical (unpaired) electrons. The minimum absolute atomic E-state index is 0.702. The molecule has 1 aromatic carbocycles. The summed E-state index contributed by atoms with van der Waals surface area (Å²) in [5, 5.41) is 4.13. The Balaban J connectivity index is 2.18. The molecule has 0 unspecified atom stereocenters. The van der Waals surface area contributed by atoms with Gasteiger partial charge in [0.25, 0.3) is 0 Å². The maximum Gasteiger partial charge on any atom is 0.0786 e. The van der Waals surface area contributed by atoms with Crippen LogP contribution in [0, 0.1) is 0 Å². The van der Waals surface area contributed by atoms with Crippen LogP contribution < -0.4 is 10.2 Å². The molecule has 0 bridgehead atoms. The zero-order chi connectivity index (χ0) is 13.8. The van der Waals surface area contributed by atoms with Crippen LogP contribution in [0.2, 0.25) is 5.02 Å². The Hall–Kier alpha value is -1.26. The van der Waals surface area contributed by atoms with E-state index in [9.17, 15) is 0 Å². The Kier molecular flexibility index (Phi) is 4.66. The van der Waals surface area contributed by atoms with Crippen molar-refractivity contribution >= 4 is 38.9 Å². The highest BCUT2D eigenvalue weighted by Crippen LogP contribution is 2.32. The third-order valence-corrected chi connectivity index (χ3v) is 3.42. The summed E-state index contributed by atoms with van der Waals surface area (Å²) < 4.78 is 0.978. The maximum atomic E-state index is 6.23. The van der Waals surface area contributed by atoms with Gasteiger partial charge in [0.05, 0.1) is 16.4 Å². The van der Waals surface area contributed by atoms with Crippen molar-refractivity contribution in [1.29, 1.82) is 0 Å². The highest BCUT2D eigenvalue weighted by Gasteiger charge is 2.08. The van der Waals surface area contributed by atoms with Gasteiger partial charge in [0.15, 0.2) is 0 Å². The zero-order valence-corrected chi connectivity index (χ0v) is 13.2. The third kappa shape index (κ3) is 3.61. The average Bonchev–Trinajstić information content (AvgIpc) is 2.36. The molecule has 1 aromatic heterocycles. The number of aromatic nitrogens is 1. The summed E-state index contributed by atoms with van der Waals surface area (Å²) in [4.78, 5) is 6.15. The molecule has 5 heteroatoms. The molecule has 0 fully saturated rings. The number of hydrogen-bond donors (Lipinski definition) is 1. The lowest BCUT2D eigenvalue weighted by Crippen LogP contribution is -2.12. The van der Waals surface area contributed by atoms with Gasteiger partial charge in [0, 0.05) is 37.5 Å². The van der Waals surface area contributed by atoms with Gasteiger partial charge in [-0.3, -0.25) is 4.98 Å². The van der Waals surface area contributed by atoms with Crippen molar-refractivity contribution in [3.8, 4) is 0 Å². The fourth-order valence-corrected chi connectivity index (χ4v) is 2.62. The third-order valence-electron chi connectivity index (χ3n) is 2.68. The quantitative estimate of drug-likeness (QED) is 0.905. The summed E-state index contributed by atoms with van der Waals surface area (Å²) in [5.74, 6) is 0. The van der Waals surface area contributed by atoms with E-state index in [-0.39, 0.29) is 0 Å². The van der Waals surface area contributed by atoms with Gasteiger partial charge in [0.2, 0.25) is 0 Å². The Morgan fingerprint density at radius 3 is 2.79 bits per heavy atom. The van der Waals surface area contributed by atoms with Crippen LogP contribution in [-0.2, 0) is 6.54 Å². The molecule has 1 heterocycles. The normalized spacial score (nSPS) is 10.3. The molecule has 0 aliphatic heterocycles. The lowest BCUT2D eigenvalue weighted by atomic mass is 10.2. The second-order valence-electron chi connectivity index (χ2n) is 4.40. The van der Waals surface area contributed by atoms with Crippen LogP contribution in [0.15, 0.2) is 41.1 Å². The first-order valence-corrected chi connectivity index (χ1v) is 7.04. The smallest absolute Gasteiger partial charge is 0.0786 e. The first-order valence-electron chi connectivity index (χ1n) is 5.87. The monoisotopic (exact) mass is 339 g/mol. The van der Waals surface area contributed by atoms with Crippen LogP contribution in [-0.4, -0.2) is 19.1 Å². The van der Waals surface area contributed by atoms with Crippen LogP contribution in [0.25, 0.3) is 0 Å². The van der Waals surface area contributed by atoms with Crippen molar-refractivity contribution in [3.05, 3.63) is 51.7 Å². The fourth-order valence-electron chi connectivity index (χ4n) is 1.86. The molecule has 1 N–H and O–H groups in total. The number of halogens is 2. The van der Waals surface area contributed by atoms with E-state index in [1.165, 1.54) is 0 Å². The van der Waals surface area contributed by atoms with Crippen LogP contribution >= 0.6 is 27.5 Å². The molecule has 0 saturated carbocycles. The second kappa shape index (κ2) is 6.26. The number of anilines is 2. The predicted molar refractivity (Wildman–Crippen MR) is 85.0 cm³/mol. The van der Waals surface area contributed by atoms with Crippen molar-refractivity contribution < 1.29 is 0 Å². The summed E-state index contributed by atoms with van der Waals surface area (Å²) in [7, 11) is 3.96. The standard InChI is InChI=1S/C14H15BrClN3/c1-19(2)14-12(16)4-3-5-13(14)18-8-10-6-11(15)9-17-7-10/h3-7,9,18H,8H2,1-2H3. The molecule has 100 valence electrons. The fraction of sp³-hybridized carbons (Fsp3) is 0.214. The van der Waals surface area contributed by atoms with Crippen molar-refractivity contribution in [2.75, 3.05) is 24.3 Å². The minimum Gasteiger partial charge on any atom is -0.379 e. The molecule has 0 amide bonds. The van der Waals surface area contributed by atoms with Crippen LogP contribution in [0.5, 0.6) is 0 Å². The molecule has 2 rings (SSSR count). The highest BCUT2D eigenvalue weighted by atomic mass is 79.9. The number of hydrogen-bond acceptors (Lipinski definition) is 3. The van der Waals surface area contributed by atoms with Gasteiger partial charge in [-0.25, -0.2) is 0 Å². The second-order valence-corrected chi connectivity index (χ2v) is 5.72. The molecular weight excluding hydrogens is 326 g/mol. The van der Waals surface area contributed by atoms with Gasteiger partial charge in [-0.1, -0.05) is 17.7 Å². The molecule has 19 heavy (non-hydrogen) atoms. The number of para-hydroxylation sites is 1. The number of nitrogens with one attached hydrogen (secondary N) is 1. The van der Waals surface area contributed by atoms with Gasteiger partial charge in [-0.2, -0.15) is 0 Å². The summed E-state index contributed by atoms with van der Waals surface area (Å²) in [5.41, 5.74) is 3.11. The summed E-state index contributed by atoms with van der Waals surface area (Å²) >= 11 is 9.65. The minimum atomic E-state index is 0.702. The van der Waals surface area contributed by atoms with E-state index < -0.39 is 0 Å². The van der Waals surface area contributed by atoms with Crippen molar-refractivity contribution in [2.24, 2.45) is 0 Å². The lowest BCUT2D eigenvalue weighted by molar-refractivity contribution is 1.08. The number of rotatable bonds is 4. The molecule has 0 aliphatic rings. The Morgan fingerprint density at radius 1 is 1.32 bits per heavy atom. The van der Waals surface area contributed by atoms with Gasteiger partial charge >= 0.3 is 0 Å². The van der Waals surface area contributed by atoms with Crippen LogP contribution in [0.3, 0.4) is 0 Å². The average molecular weight is 341 g/mol. The predicted octanol–water partition coefficient (Wildman–Crippen LogP) is 4.18. The topological polar surface area (TPSA) is 28.2 Å². The van der Waals surface area contributed by atoms with E-state index in [2.05, 4.69) is 26.2 Å². The van der Waals surface area contributed by atoms with Crippen molar-refractivity contribution in [2.45, 2.75) is 6.54 Å². The van der Waals surface area contributed by atoms with E-state index in [4.69, 9.17) is 11.6 Å². The largest absolute Gasteiger partial charge is 0.379 e. The summed E-state index contributed by atoms with van der Waals surface area (Å²) in [6.07, 6.45) is 3.62. The molecule has 0 saturated heterocycles. The van der Waals surface area contributed by atoms with Gasteiger partial charge in [-0.05, 0) is 39.7 Å².